The third kappa shape index (κ3) is 2.06. The van der Waals surface area contributed by atoms with Crippen LogP contribution in [0.2, 0.25) is 0 Å². The van der Waals surface area contributed by atoms with E-state index >= 15 is 0 Å². The van der Waals surface area contributed by atoms with Gasteiger partial charge in [0, 0.05) is 5.56 Å². The van der Waals surface area contributed by atoms with Crippen molar-refractivity contribution in [2.24, 2.45) is 11.8 Å². The average Bonchev–Trinajstić information content (AvgIpc) is 3.20. The average molecular weight is 232 g/mol. The third-order valence-electron chi connectivity index (χ3n) is 4.15. The Balaban J connectivity index is 1.90. The van der Waals surface area contributed by atoms with Gasteiger partial charge in [0.1, 0.15) is 5.75 Å². The summed E-state index contributed by atoms with van der Waals surface area (Å²) in [5, 5.41) is 10.5. The Hall–Kier alpha value is -1.02. The molecule has 0 spiro atoms. The van der Waals surface area contributed by atoms with Crippen molar-refractivity contribution in [1.82, 2.24) is 0 Å². The smallest absolute Gasteiger partial charge is 0.128 e. The second kappa shape index (κ2) is 4.34. The molecule has 2 atom stereocenters. The van der Waals surface area contributed by atoms with Crippen LogP contribution >= 0.6 is 0 Å². The molecule has 1 aromatic carbocycles. The van der Waals surface area contributed by atoms with Crippen LogP contribution in [0.15, 0.2) is 18.2 Å². The van der Waals surface area contributed by atoms with Gasteiger partial charge in [-0.25, -0.2) is 0 Å². The van der Waals surface area contributed by atoms with Crippen LogP contribution < -0.4 is 4.74 Å². The summed E-state index contributed by atoms with van der Waals surface area (Å²) in [5.41, 5.74) is 2.26. The first-order valence-corrected chi connectivity index (χ1v) is 6.70. The molecule has 1 fully saturated rings. The maximum absolute atomic E-state index is 10.5. The van der Waals surface area contributed by atoms with Gasteiger partial charge in [-0.15, -0.1) is 0 Å². The van der Waals surface area contributed by atoms with Crippen LogP contribution in [0.1, 0.15) is 43.4 Å². The molecule has 2 unspecified atom stereocenters. The summed E-state index contributed by atoms with van der Waals surface area (Å²) in [4.78, 5) is 0. The Bertz CT molecular complexity index is 409. The van der Waals surface area contributed by atoms with Crippen molar-refractivity contribution in [2.45, 2.75) is 38.7 Å². The highest BCUT2D eigenvalue weighted by Crippen LogP contribution is 2.45. The molecule has 17 heavy (non-hydrogen) atoms. The maximum Gasteiger partial charge on any atom is 0.128 e. The lowest BCUT2D eigenvalue weighted by Gasteiger charge is -2.25. The molecule has 2 nitrogen and oxygen atoms in total. The van der Waals surface area contributed by atoms with E-state index in [0.29, 0.717) is 11.8 Å². The number of benzene rings is 1. The van der Waals surface area contributed by atoms with Gasteiger partial charge in [0.2, 0.25) is 0 Å². The zero-order valence-corrected chi connectivity index (χ0v) is 10.4. The lowest BCUT2D eigenvalue weighted by Crippen LogP contribution is -2.16. The number of para-hydroxylation sites is 1. The largest absolute Gasteiger partial charge is 0.493 e. The second-order valence-corrected chi connectivity index (χ2v) is 5.43. The van der Waals surface area contributed by atoms with Gasteiger partial charge in [0.15, 0.2) is 0 Å². The Morgan fingerprint density at radius 2 is 2.18 bits per heavy atom. The molecule has 92 valence electrons. The Morgan fingerprint density at radius 3 is 2.94 bits per heavy atom. The van der Waals surface area contributed by atoms with Gasteiger partial charge in [0.25, 0.3) is 0 Å². The van der Waals surface area contributed by atoms with Crippen LogP contribution in [0.25, 0.3) is 0 Å². The predicted octanol–water partition coefficient (Wildman–Crippen LogP) is 3.09. The molecule has 0 aromatic heterocycles. The third-order valence-corrected chi connectivity index (χ3v) is 4.15. The van der Waals surface area contributed by atoms with E-state index in [0.717, 1.165) is 30.8 Å². The van der Waals surface area contributed by atoms with Crippen molar-refractivity contribution < 1.29 is 9.84 Å². The number of aryl methyl sites for hydroxylation is 1. The van der Waals surface area contributed by atoms with Gasteiger partial charge in [0.05, 0.1) is 12.7 Å². The summed E-state index contributed by atoms with van der Waals surface area (Å²) >= 11 is 0. The van der Waals surface area contributed by atoms with E-state index < -0.39 is 0 Å². The van der Waals surface area contributed by atoms with E-state index in [9.17, 15) is 5.11 Å². The zero-order valence-electron chi connectivity index (χ0n) is 10.4. The molecule has 1 heterocycles. The van der Waals surface area contributed by atoms with Gasteiger partial charge in [-0.2, -0.15) is 0 Å². The number of aliphatic hydroxyl groups is 1. The fourth-order valence-corrected chi connectivity index (χ4v) is 2.81. The quantitative estimate of drug-likeness (QED) is 0.867. The molecule has 1 aliphatic heterocycles. The van der Waals surface area contributed by atoms with Gasteiger partial charge in [-0.05, 0) is 43.1 Å². The lowest BCUT2D eigenvalue weighted by molar-refractivity contribution is 0.101. The Morgan fingerprint density at radius 1 is 1.35 bits per heavy atom. The van der Waals surface area contributed by atoms with Crippen molar-refractivity contribution >= 4 is 0 Å². The van der Waals surface area contributed by atoms with E-state index in [1.165, 1.54) is 18.4 Å². The Labute approximate surface area is 103 Å². The second-order valence-electron chi connectivity index (χ2n) is 5.43. The molecule has 1 aliphatic carbocycles. The topological polar surface area (TPSA) is 29.5 Å². The summed E-state index contributed by atoms with van der Waals surface area (Å²) in [7, 11) is 0. The number of aliphatic hydroxyl groups excluding tert-OH is 1. The maximum atomic E-state index is 10.5. The summed E-state index contributed by atoms with van der Waals surface area (Å²) in [6, 6.07) is 6.19. The number of rotatable bonds is 3. The van der Waals surface area contributed by atoms with Crippen molar-refractivity contribution in [1.29, 1.82) is 0 Å². The number of fused-ring (bicyclic) bond motifs is 1. The standard InChI is InChI=1S/C15H20O2/c1-10(11-7-8-11)14(16)13-6-2-4-12-5-3-9-17-15(12)13/h2,4,6,10-11,14,16H,3,5,7-9H2,1H3. The van der Waals surface area contributed by atoms with Crippen molar-refractivity contribution in [2.75, 3.05) is 6.61 Å². The van der Waals surface area contributed by atoms with Gasteiger partial charge >= 0.3 is 0 Å². The minimum absolute atomic E-state index is 0.354. The summed E-state index contributed by atoms with van der Waals surface area (Å²) in [6.45, 7) is 2.94. The van der Waals surface area contributed by atoms with E-state index in [1.807, 2.05) is 12.1 Å². The summed E-state index contributed by atoms with van der Waals surface area (Å²) in [5.74, 6) is 2.02. The number of hydrogen-bond acceptors (Lipinski definition) is 2. The fraction of sp³-hybridized carbons (Fsp3) is 0.600. The van der Waals surface area contributed by atoms with Crippen LogP contribution in [0.3, 0.4) is 0 Å². The van der Waals surface area contributed by atoms with E-state index in [2.05, 4.69) is 13.0 Å². The van der Waals surface area contributed by atoms with E-state index in [4.69, 9.17) is 4.74 Å². The van der Waals surface area contributed by atoms with Crippen LogP contribution in [-0.2, 0) is 6.42 Å². The van der Waals surface area contributed by atoms with Gasteiger partial charge in [-0.1, -0.05) is 25.1 Å². The van der Waals surface area contributed by atoms with Crippen LogP contribution in [-0.4, -0.2) is 11.7 Å². The monoisotopic (exact) mass is 232 g/mol. The van der Waals surface area contributed by atoms with Crippen LogP contribution in [0.4, 0.5) is 0 Å². The highest BCUT2D eigenvalue weighted by atomic mass is 16.5. The van der Waals surface area contributed by atoms with Crippen LogP contribution in [0, 0.1) is 11.8 Å². The molecule has 0 bridgehead atoms. The lowest BCUT2D eigenvalue weighted by atomic mass is 9.90. The molecule has 3 rings (SSSR count). The molecule has 2 aliphatic rings. The SMILES string of the molecule is CC(C1CC1)C(O)c1cccc2c1OCCC2. The first-order valence-electron chi connectivity index (χ1n) is 6.70. The molecule has 2 heteroatoms. The fourth-order valence-electron chi connectivity index (χ4n) is 2.81. The van der Waals surface area contributed by atoms with Gasteiger partial charge < -0.3 is 9.84 Å². The van der Waals surface area contributed by atoms with Gasteiger partial charge in [-0.3, -0.25) is 0 Å². The molecule has 0 radical (unpaired) electrons. The van der Waals surface area contributed by atoms with E-state index in [-0.39, 0.29) is 6.10 Å². The summed E-state index contributed by atoms with van der Waals surface area (Å²) in [6.07, 6.45) is 4.34. The van der Waals surface area contributed by atoms with Crippen molar-refractivity contribution in [3.05, 3.63) is 29.3 Å². The Kier molecular flexibility index (Phi) is 2.83. The molecular formula is C15H20O2. The number of hydrogen-bond donors (Lipinski definition) is 1. The molecule has 1 N–H and O–H groups in total. The normalized spacial score (nSPS) is 22.5. The predicted molar refractivity (Wildman–Crippen MR) is 67.1 cm³/mol. The van der Waals surface area contributed by atoms with Crippen LogP contribution in [0.5, 0.6) is 5.75 Å². The highest BCUT2D eigenvalue weighted by molar-refractivity contribution is 5.44. The molecule has 0 saturated heterocycles. The molecule has 1 saturated carbocycles. The summed E-state index contributed by atoms with van der Waals surface area (Å²) < 4.78 is 5.77. The first-order chi connectivity index (χ1) is 8.27. The zero-order chi connectivity index (χ0) is 11.8. The van der Waals surface area contributed by atoms with Crippen molar-refractivity contribution in [3.63, 3.8) is 0 Å². The molecule has 0 amide bonds. The van der Waals surface area contributed by atoms with Crippen molar-refractivity contribution in [3.8, 4) is 5.75 Å². The number of ether oxygens (including phenoxy) is 1. The molecular weight excluding hydrogens is 212 g/mol. The molecule has 1 aromatic rings. The minimum atomic E-state index is -0.365. The van der Waals surface area contributed by atoms with E-state index in [1.54, 1.807) is 0 Å². The minimum Gasteiger partial charge on any atom is -0.493 e. The highest BCUT2D eigenvalue weighted by Gasteiger charge is 2.34. The first kappa shape index (κ1) is 11.1.